The van der Waals surface area contributed by atoms with Crippen LogP contribution in [0.3, 0.4) is 0 Å². The molecule has 0 aromatic carbocycles. The molecule has 1 heterocycles. The average Bonchev–Trinajstić information content (AvgIpc) is 2.68. The van der Waals surface area contributed by atoms with Gasteiger partial charge in [0, 0.05) is 51.9 Å². The molecule has 0 radical (unpaired) electrons. The second-order valence-electron chi connectivity index (χ2n) is 6.85. The molecular weight excluding hydrogens is 368 g/mol. The topological polar surface area (TPSA) is 139 Å². The lowest BCUT2D eigenvalue weighted by molar-refractivity contribution is -0.166. The highest BCUT2D eigenvalue weighted by molar-refractivity contribution is 5.83. The molecule has 0 aromatic rings. The highest BCUT2D eigenvalue weighted by atomic mass is 16.5. The van der Waals surface area contributed by atoms with Crippen LogP contribution in [0, 0.1) is 0 Å². The smallest absolute Gasteiger partial charge is 0.246 e. The molecule has 4 amide bonds. The average molecular weight is 400 g/mol. The Balaban J connectivity index is 2.45. The van der Waals surface area contributed by atoms with Crippen LogP contribution in [0.5, 0.6) is 0 Å². The van der Waals surface area contributed by atoms with E-state index in [4.69, 9.17) is 0 Å². The SMILES string of the molecule is O=C1CCC(=O)N(O)CCCCCNC(=O)CCC(=O)N(O)CCCCCN1. The van der Waals surface area contributed by atoms with Crippen molar-refractivity contribution >= 4 is 23.6 Å². The Labute approximate surface area is 165 Å². The van der Waals surface area contributed by atoms with E-state index in [-0.39, 0.29) is 50.6 Å². The second-order valence-corrected chi connectivity index (χ2v) is 6.85. The highest BCUT2D eigenvalue weighted by Crippen LogP contribution is 2.03. The van der Waals surface area contributed by atoms with E-state index in [1.807, 2.05) is 0 Å². The van der Waals surface area contributed by atoms with Crippen molar-refractivity contribution in [3.05, 3.63) is 0 Å². The van der Waals surface area contributed by atoms with Crippen LogP contribution in [0.25, 0.3) is 0 Å². The van der Waals surface area contributed by atoms with Crippen LogP contribution in [-0.2, 0) is 19.2 Å². The third-order valence-electron chi connectivity index (χ3n) is 4.45. The predicted molar refractivity (Wildman–Crippen MR) is 99.2 cm³/mol. The van der Waals surface area contributed by atoms with Gasteiger partial charge in [0.2, 0.25) is 23.6 Å². The van der Waals surface area contributed by atoms with Gasteiger partial charge in [0.25, 0.3) is 0 Å². The summed E-state index contributed by atoms with van der Waals surface area (Å²) in [6.45, 7) is 1.23. The minimum atomic E-state index is -0.488. The molecule has 1 saturated heterocycles. The Morgan fingerprint density at radius 1 is 0.571 bits per heavy atom. The summed E-state index contributed by atoms with van der Waals surface area (Å²) < 4.78 is 0. The van der Waals surface area contributed by atoms with Crippen molar-refractivity contribution in [3.8, 4) is 0 Å². The van der Waals surface area contributed by atoms with E-state index >= 15 is 0 Å². The van der Waals surface area contributed by atoms with Gasteiger partial charge in [0.05, 0.1) is 0 Å². The molecule has 160 valence electrons. The molecule has 0 spiro atoms. The molecule has 0 aliphatic carbocycles. The lowest BCUT2D eigenvalue weighted by Crippen LogP contribution is -2.32. The van der Waals surface area contributed by atoms with Gasteiger partial charge in [-0.3, -0.25) is 29.6 Å². The van der Waals surface area contributed by atoms with Gasteiger partial charge in [-0.25, -0.2) is 10.1 Å². The number of carbonyl (C=O) groups excluding carboxylic acids is 4. The summed E-state index contributed by atoms with van der Waals surface area (Å²) in [5, 5.41) is 26.1. The molecule has 10 nitrogen and oxygen atoms in total. The quantitative estimate of drug-likeness (QED) is 0.438. The monoisotopic (exact) mass is 400 g/mol. The Kier molecular flexibility index (Phi) is 11.8. The number of hydrogen-bond donors (Lipinski definition) is 4. The largest absolute Gasteiger partial charge is 0.356 e. The Hall–Kier alpha value is -2.20. The summed E-state index contributed by atoms with van der Waals surface area (Å²) in [4.78, 5) is 47.0. The zero-order valence-corrected chi connectivity index (χ0v) is 16.3. The Morgan fingerprint density at radius 2 is 0.964 bits per heavy atom. The van der Waals surface area contributed by atoms with Crippen LogP contribution in [0.1, 0.15) is 64.2 Å². The maximum absolute atomic E-state index is 11.8. The first-order valence-corrected chi connectivity index (χ1v) is 9.92. The van der Waals surface area contributed by atoms with Crippen LogP contribution in [0.2, 0.25) is 0 Å². The summed E-state index contributed by atoms with van der Waals surface area (Å²) >= 11 is 0. The molecule has 4 N–H and O–H groups in total. The summed E-state index contributed by atoms with van der Waals surface area (Å²) in [6, 6.07) is 0. The Bertz CT molecular complexity index is 482. The predicted octanol–water partition coefficient (Wildman–Crippen LogP) is 0.569. The number of hydrogen-bond acceptors (Lipinski definition) is 6. The fourth-order valence-corrected chi connectivity index (χ4v) is 2.71. The summed E-state index contributed by atoms with van der Waals surface area (Å²) in [5.74, 6) is -1.48. The third-order valence-corrected chi connectivity index (χ3v) is 4.45. The van der Waals surface area contributed by atoms with Crippen molar-refractivity contribution in [2.24, 2.45) is 0 Å². The first-order chi connectivity index (χ1) is 13.4. The molecule has 0 atom stereocenters. The van der Waals surface area contributed by atoms with Gasteiger partial charge in [-0.2, -0.15) is 0 Å². The molecule has 1 fully saturated rings. The van der Waals surface area contributed by atoms with E-state index in [2.05, 4.69) is 10.6 Å². The first-order valence-electron chi connectivity index (χ1n) is 9.92. The van der Waals surface area contributed by atoms with Crippen molar-refractivity contribution in [3.63, 3.8) is 0 Å². The molecule has 0 unspecified atom stereocenters. The van der Waals surface area contributed by atoms with E-state index in [9.17, 15) is 29.6 Å². The normalized spacial score (nSPS) is 21.4. The second kappa shape index (κ2) is 13.9. The summed E-state index contributed by atoms with van der Waals surface area (Å²) in [5.41, 5.74) is 0. The lowest BCUT2D eigenvalue weighted by atomic mass is 10.2. The molecule has 0 aromatic heterocycles. The molecule has 0 bridgehead atoms. The van der Waals surface area contributed by atoms with Gasteiger partial charge >= 0.3 is 0 Å². The minimum Gasteiger partial charge on any atom is -0.356 e. The Morgan fingerprint density at radius 3 is 1.36 bits per heavy atom. The van der Waals surface area contributed by atoms with Crippen LogP contribution >= 0.6 is 0 Å². The van der Waals surface area contributed by atoms with Gasteiger partial charge < -0.3 is 10.6 Å². The highest BCUT2D eigenvalue weighted by Gasteiger charge is 2.14. The standard InChI is InChI=1S/C18H32N4O6/c23-15-7-10-18(26)22(28)14-6-2-4-12-20-16(24)8-9-17(25)21(27)13-5-1-3-11-19-15/h27-28H,1-14H2,(H,19,23)(H,20,24). The minimum absolute atomic E-state index is 0.0147. The fraction of sp³-hybridized carbons (Fsp3) is 0.778. The lowest BCUT2D eigenvalue weighted by Gasteiger charge is -2.16. The van der Waals surface area contributed by atoms with E-state index in [0.717, 1.165) is 0 Å². The maximum atomic E-state index is 11.8. The van der Waals surface area contributed by atoms with Crippen LogP contribution in [-0.4, -0.2) is 70.3 Å². The van der Waals surface area contributed by atoms with Gasteiger partial charge in [0.1, 0.15) is 0 Å². The van der Waals surface area contributed by atoms with Gasteiger partial charge in [-0.1, -0.05) is 0 Å². The molecule has 1 rings (SSSR count). The first kappa shape index (κ1) is 23.8. The molecule has 28 heavy (non-hydrogen) atoms. The number of carbonyl (C=O) groups is 4. The number of amides is 4. The number of hydroxylamine groups is 4. The molecule has 1 aliphatic rings. The van der Waals surface area contributed by atoms with E-state index in [0.29, 0.717) is 61.7 Å². The van der Waals surface area contributed by atoms with Crippen molar-refractivity contribution < 1.29 is 29.6 Å². The number of rotatable bonds is 0. The fourth-order valence-electron chi connectivity index (χ4n) is 2.71. The third kappa shape index (κ3) is 10.8. The van der Waals surface area contributed by atoms with Gasteiger partial charge in [-0.05, 0) is 38.5 Å². The molecule has 1 aliphatic heterocycles. The van der Waals surface area contributed by atoms with Crippen molar-refractivity contribution in [2.45, 2.75) is 64.2 Å². The zero-order chi connectivity index (χ0) is 20.8. The molecule has 10 heteroatoms. The number of nitrogens with zero attached hydrogens (tertiary/aromatic N) is 2. The van der Waals surface area contributed by atoms with E-state index < -0.39 is 11.8 Å². The molecular formula is C18H32N4O6. The number of nitrogens with one attached hydrogen (secondary N) is 2. The van der Waals surface area contributed by atoms with Crippen LogP contribution in [0.15, 0.2) is 0 Å². The maximum Gasteiger partial charge on any atom is 0.246 e. The van der Waals surface area contributed by atoms with Gasteiger partial charge in [-0.15, -0.1) is 0 Å². The van der Waals surface area contributed by atoms with E-state index in [1.165, 1.54) is 0 Å². The zero-order valence-electron chi connectivity index (χ0n) is 16.3. The van der Waals surface area contributed by atoms with Crippen molar-refractivity contribution in [1.82, 2.24) is 20.8 Å². The molecule has 0 saturated carbocycles. The summed E-state index contributed by atoms with van der Waals surface area (Å²) in [7, 11) is 0. The van der Waals surface area contributed by atoms with Crippen molar-refractivity contribution in [2.75, 3.05) is 26.2 Å². The van der Waals surface area contributed by atoms with Crippen LogP contribution < -0.4 is 10.6 Å². The van der Waals surface area contributed by atoms with Crippen LogP contribution in [0.4, 0.5) is 0 Å². The van der Waals surface area contributed by atoms with Gasteiger partial charge in [0.15, 0.2) is 0 Å². The van der Waals surface area contributed by atoms with E-state index in [1.54, 1.807) is 0 Å². The van der Waals surface area contributed by atoms with Crippen molar-refractivity contribution in [1.29, 1.82) is 0 Å². The summed E-state index contributed by atoms with van der Waals surface area (Å²) in [6.07, 6.45) is 3.82.